The van der Waals surface area contributed by atoms with Crippen LogP contribution in [0.1, 0.15) is 36.2 Å². The molecule has 116 valence electrons. The number of esters is 1. The van der Waals surface area contributed by atoms with Gasteiger partial charge in [-0.2, -0.15) is 0 Å². The number of nitro benzene ring substituents is 1. The van der Waals surface area contributed by atoms with Gasteiger partial charge in [0.25, 0.3) is 5.69 Å². The zero-order chi connectivity index (χ0) is 16.2. The summed E-state index contributed by atoms with van der Waals surface area (Å²) < 4.78 is 24.0. The highest BCUT2D eigenvalue weighted by Gasteiger charge is 2.22. The van der Waals surface area contributed by atoms with E-state index in [4.69, 9.17) is 9.47 Å². The summed E-state index contributed by atoms with van der Waals surface area (Å²) in [5.41, 5.74) is -1.24. The molecule has 0 atom stereocenters. The Morgan fingerprint density at radius 3 is 2.57 bits per heavy atom. The van der Waals surface area contributed by atoms with Crippen molar-refractivity contribution in [3.8, 4) is 0 Å². The van der Waals surface area contributed by atoms with E-state index in [1.165, 1.54) is 14.0 Å². The second kappa shape index (κ2) is 6.62. The number of nitro groups is 1. The highest BCUT2D eigenvalue weighted by atomic mass is 19.1. The summed E-state index contributed by atoms with van der Waals surface area (Å²) in [6.45, 7) is 5.02. The SMILES string of the molecule is COC(C)(C)CCOC(=O)c1cc([N+](=O)[O-])cc(C)c1F. The Bertz CT molecular complexity index is 557. The molecule has 0 fully saturated rings. The molecule has 0 unspecified atom stereocenters. The molecule has 0 aliphatic carbocycles. The highest BCUT2D eigenvalue weighted by Crippen LogP contribution is 2.22. The van der Waals surface area contributed by atoms with Gasteiger partial charge in [0.1, 0.15) is 11.4 Å². The molecule has 0 spiro atoms. The van der Waals surface area contributed by atoms with Gasteiger partial charge in [-0.1, -0.05) is 0 Å². The minimum atomic E-state index is -0.925. The third kappa shape index (κ3) is 4.49. The molecule has 0 saturated carbocycles. The number of carbonyl (C=O) groups is 1. The van der Waals surface area contributed by atoms with Crippen molar-refractivity contribution in [1.82, 2.24) is 0 Å². The van der Waals surface area contributed by atoms with E-state index in [1.54, 1.807) is 0 Å². The van der Waals surface area contributed by atoms with Crippen molar-refractivity contribution in [1.29, 1.82) is 0 Å². The average molecular weight is 299 g/mol. The van der Waals surface area contributed by atoms with E-state index in [9.17, 15) is 19.3 Å². The summed E-state index contributed by atoms with van der Waals surface area (Å²) in [6, 6.07) is 1.95. The number of hydrogen-bond acceptors (Lipinski definition) is 5. The normalized spacial score (nSPS) is 11.3. The fourth-order valence-electron chi connectivity index (χ4n) is 1.57. The summed E-state index contributed by atoms with van der Waals surface area (Å²) in [6.07, 6.45) is 0.421. The lowest BCUT2D eigenvalue weighted by atomic mass is 10.1. The van der Waals surface area contributed by atoms with Crippen LogP contribution in [-0.2, 0) is 9.47 Å². The van der Waals surface area contributed by atoms with Crippen LogP contribution in [0.15, 0.2) is 12.1 Å². The topological polar surface area (TPSA) is 78.7 Å². The van der Waals surface area contributed by atoms with Crippen molar-refractivity contribution in [3.05, 3.63) is 39.2 Å². The summed E-state index contributed by atoms with van der Waals surface area (Å²) in [5.74, 6) is -1.73. The number of hydrogen-bond donors (Lipinski definition) is 0. The fraction of sp³-hybridized carbons (Fsp3) is 0.500. The molecule has 1 rings (SSSR count). The number of non-ortho nitro benzene ring substituents is 1. The molecule has 0 N–H and O–H groups in total. The third-order valence-electron chi connectivity index (χ3n) is 3.16. The molecule has 0 aliphatic rings. The summed E-state index contributed by atoms with van der Waals surface area (Å²) in [7, 11) is 1.53. The Kier molecular flexibility index (Phi) is 5.37. The monoisotopic (exact) mass is 299 g/mol. The average Bonchev–Trinajstić information content (AvgIpc) is 2.41. The number of aryl methyl sites for hydroxylation is 1. The first-order valence-corrected chi connectivity index (χ1v) is 6.35. The van der Waals surface area contributed by atoms with Crippen LogP contribution < -0.4 is 0 Å². The first-order chi connectivity index (χ1) is 9.68. The molecule has 0 bridgehead atoms. The molecule has 0 amide bonds. The van der Waals surface area contributed by atoms with Crippen LogP contribution >= 0.6 is 0 Å². The maximum absolute atomic E-state index is 13.9. The van der Waals surface area contributed by atoms with Crippen LogP contribution in [0.5, 0.6) is 0 Å². The van der Waals surface area contributed by atoms with Crippen LogP contribution in [0.25, 0.3) is 0 Å². The number of carbonyl (C=O) groups excluding carboxylic acids is 1. The van der Waals surface area contributed by atoms with Gasteiger partial charge in [-0.25, -0.2) is 9.18 Å². The van der Waals surface area contributed by atoms with E-state index in [-0.39, 0.29) is 17.9 Å². The molecule has 0 heterocycles. The molecule has 6 nitrogen and oxygen atoms in total. The van der Waals surface area contributed by atoms with E-state index >= 15 is 0 Å². The standard InChI is InChI=1S/C14H18FNO5/c1-9-7-10(16(18)19)8-11(12(9)15)13(17)21-6-5-14(2,3)20-4/h7-8H,5-6H2,1-4H3. The Labute approximate surface area is 122 Å². The van der Waals surface area contributed by atoms with E-state index in [0.717, 1.165) is 12.1 Å². The maximum Gasteiger partial charge on any atom is 0.341 e. The van der Waals surface area contributed by atoms with Crippen molar-refractivity contribution >= 4 is 11.7 Å². The molecule has 21 heavy (non-hydrogen) atoms. The van der Waals surface area contributed by atoms with E-state index in [0.29, 0.717) is 6.42 Å². The summed E-state index contributed by atoms with van der Waals surface area (Å²) in [5, 5.41) is 10.7. The van der Waals surface area contributed by atoms with Crippen molar-refractivity contribution in [2.45, 2.75) is 32.8 Å². The molecule has 0 radical (unpaired) electrons. The minimum Gasteiger partial charge on any atom is -0.462 e. The van der Waals surface area contributed by atoms with Gasteiger partial charge in [0, 0.05) is 25.7 Å². The zero-order valence-corrected chi connectivity index (χ0v) is 12.4. The molecule has 7 heteroatoms. The quantitative estimate of drug-likeness (QED) is 0.458. The van der Waals surface area contributed by atoms with E-state index < -0.39 is 27.9 Å². The van der Waals surface area contributed by atoms with E-state index in [2.05, 4.69) is 0 Å². The molecular formula is C14H18FNO5. The predicted octanol–water partition coefficient (Wildman–Crippen LogP) is 3.01. The van der Waals surface area contributed by atoms with Gasteiger partial charge in [0.05, 0.1) is 17.1 Å². The zero-order valence-electron chi connectivity index (χ0n) is 12.4. The lowest BCUT2D eigenvalue weighted by Gasteiger charge is -2.22. The van der Waals surface area contributed by atoms with Gasteiger partial charge < -0.3 is 9.47 Å². The lowest BCUT2D eigenvalue weighted by molar-refractivity contribution is -0.385. The molecule has 0 saturated heterocycles. The lowest BCUT2D eigenvalue weighted by Crippen LogP contribution is -2.25. The van der Waals surface area contributed by atoms with Gasteiger partial charge in [-0.05, 0) is 26.3 Å². The number of nitrogens with zero attached hydrogens (tertiary/aromatic N) is 1. The van der Waals surface area contributed by atoms with Crippen LogP contribution in [0, 0.1) is 22.9 Å². The van der Waals surface area contributed by atoms with E-state index in [1.807, 2.05) is 13.8 Å². The second-order valence-electron chi connectivity index (χ2n) is 5.23. The first kappa shape index (κ1) is 17.0. The van der Waals surface area contributed by atoms with Gasteiger partial charge >= 0.3 is 5.97 Å². The summed E-state index contributed by atoms with van der Waals surface area (Å²) >= 11 is 0. The Hall–Kier alpha value is -2.02. The van der Waals surface area contributed by atoms with Crippen molar-refractivity contribution in [2.24, 2.45) is 0 Å². The Morgan fingerprint density at radius 1 is 1.43 bits per heavy atom. The number of methoxy groups -OCH3 is 1. The Morgan fingerprint density at radius 2 is 2.05 bits per heavy atom. The van der Waals surface area contributed by atoms with Gasteiger partial charge in [0.15, 0.2) is 0 Å². The number of rotatable bonds is 6. The fourth-order valence-corrected chi connectivity index (χ4v) is 1.57. The minimum absolute atomic E-state index is 0.0216. The van der Waals surface area contributed by atoms with Gasteiger partial charge in [-0.3, -0.25) is 10.1 Å². The molecule has 0 aliphatic heterocycles. The van der Waals surface area contributed by atoms with Crippen LogP contribution in [0.3, 0.4) is 0 Å². The predicted molar refractivity (Wildman–Crippen MR) is 73.8 cm³/mol. The van der Waals surface area contributed by atoms with Crippen LogP contribution in [-0.4, -0.2) is 30.2 Å². The number of halogens is 1. The van der Waals surface area contributed by atoms with Crippen molar-refractivity contribution in [3.63, 3.8) is 0 Å². The molecule has 1 aromatic carbocycles. The molecule has 1 aromatic rings. The molecule has 0 aromatic heterocycles. The van der Waals surface area contributed by atoms with Gasteiger partial charge in [0.2, 0.25) is 0 Å². The molecular weight excluding hydrogens is 281 g/mol. The smallest absolute Gasteiger partial charge is 0.341 e. The second-order valence-corrected chi connectivity index (χ2v) is 5.23. The Balaban J connectivity index is 2.85. The number of benzene rings is 1. The van der Waals surface area contributed by atoms with Crippen molar-refractivity contribution < 1.29 is 23.6 Å². The van der Waals surface area contributed by atoms with Crippen LogP contribution in [0.4, 0.5) is 10.1 Å². The van der Waals surface area contributed by atoms with Crippen LogP contribution in [0.2, 0.25) is 0 Å². The third-order valence-corrected chi connectivity index (χ3v) is 3.16. The maximum atomic E-state index is 13.9. The van der Waals surface area contributed by atoms with Gasteiger partial charge in [-0.15, -0.1) is 0 Å². The van der Waals surface area contributed by atoms with Crippen molar-refractivity contribution in [2.75, 3.05) is 13.7 Å². The highest BCUT2D eigenvalue weighted by molar-refractivity contribution is 5.90. The largest absolute Gasteiger partial charge is 0.462 e. The first-order valence-electron chi connectivity index (χ1n) is 6.35. The number of ether oxygens (including phenoxy) is 2. The summed E-state index contributed by atoms with van der Waals surface area (Å²) in [4.78, 5) is 21.9.